The van der Waals surface area contributed by atoms with Crippen LogP contribution in [0.2, 0.25) is 0 Å². The smallest absolute Gasteiger partial charge is 0.244 e. The van der Waals surface area contributed by atoms with Crippen LogP contribution in [0.5, 0.6) is 0 Å². The predicted octanol–water partition coefficient (Wildman–Crippen LogP) is 2.01. The number of anilines is 1. The number of pyridine rings is 1. The number of hydrogen-bond donors (Lipinski definition) is 2. The molecule has 0 aliphatic carbocycles. The molecule has 102 valence electrons. The van der Waals surface area contributed by atoms with Gasteiger partial charge in [0.1, 0.15) is 10.7 Å². The van der Waals surface area contributed by atoms with E-state index in [1.807, 2.05) is 17.5 Å². The second kappa shape index (κ2) is 6.00. The Bertz CT molecular complexity index is 657. The number of nitrogen functional groups attached to an aromatic ring is 1. The molecule has 19 heavy (non-hydrogen) atoms. The SMILES string of the molecule is Nc1ncc(Br)cc1S(=O)(=O)NCCc1cccs1. The van der Waals surface area contributed by atoms with Gasteiger partial charge in [0.05, 0.1) is 0 Å². The molecule has 0 unspecified atom stereocenters. The molecule has 0 aliphatic heterocycles. The Morgan fingerprint density at radius 1 is 1.47 bits per heavy atom. The van der Waals surface area contributed by atoms with Crippen molar-refractivity contribution in [1.82, 2.24) is 9.71 Å². The lowest BCUT2D eigenvalue weighted by Crippen LogP contribution is -2.26. The largest absolute Gasteiger partial charge is 0.383 e. The van der Waals surface area contributed by atoms with Gasteiger partial charge in [-0.3, -0.25) is 0 Å². The third-order valence-corrected chi connectivity index (χ3v) is 5.24. The van der Waals surface area contributed by atoms with Gasteiger partial charge in [-0.2, -0.15) is 0 Å². The number of rotatable bonds is 5. The summed E-state index contributed by atoms with van der Waals surface area (Å²) in [5.74, 6) is -0.00757. The maximum absolute atomic E-state index is 12.1. The molecular weight excluding hydrogens is 350 g/mol. The Morgan fingerprint density at radius 2 is 2.26 bits per heavy atom. The molecule has 0 saturated carbocycles. The molecule has 2 aromatic heterocycles. The van der Waals surface area contributed by atoms with Gasteiger partial charge in [0.2, 0.25) is 10.0 Å². The number of nitrogens with two attached hydrogens (primary N) is 1. The van der Waals surface area contributed by atoms with E-state index in [4.69, 9.17) is 5.73 Å². The summed E-state index contributed by atoms with van der Waals surface area (Å²) in [5, 5.41) is 1.96. The van der Waals surface area contributed by atoms with Gasteiger partial charge in [-0.05, 0) is 39.9 Å². The van der Waals surface area contributed by atoms with Gasteiger partial charge in [0.15, 0.2) is 0 Å². The fraction of sp³-hybridized carbons (Fsp3) is 0.182. The Labute approximate surface area is 124 Å². The van der Waals surface area contributed by atoms with Gasteiger partial charge in [-0.1, -0.05) is 6.07 Å². The number of nitrogens with one attached hydrogen (secondary N) is 1. The molecule has 0 bridgehead atoms. The number of nitrogens with zero attached hydrogens (tertiary/aromatic N) is 1. The van der Waals surface area contributed by atoms with Crippen LogP contribution in [0.4, 0.5) is 5.82 Å². The highest BCUT2D eigenvalue weighted by molar-refractivity contribution is 9.10. The summed E-state index contributed by atoms with van der Waals surface area (Å²) in [6.07, 6.45) is 2.11. The summed E-state index contributed by atoms with van der Waals surface area (Å²) >= 11 is 4.78. The number of hydrogen-bond acceptors (Lipinski definition) is 5. The van der Waals surface area contributed by atoms with Gasteiger partial charge in [-0.15, -0.1) is 11.3 Å². The Balaban J connectivity index is 2.07. The number of sulfonamides is 1. The van der Waals surface area contributed by atoms with E-state index < -0.39 is 10.0 Å². The van der Waals surface area contributed by atoms with Crippen molar-refractivity contribution in [3.63, 3.8) is 0 Å². The maximum atomic E-state index is 12.1. The molecule has 2 rings (SSSR count). The lowest BCUT2D eigenvalue weighted by atomic mass is 10.3. The fourth-order valence-corrected chi connectivity index (χ4v) is 3.82. The molecule has 0 radical (unpaired) electrons. The maximum Gasteiger partial charge on any atom is 0.244 e. The quantitative estimate of drug-likeness (QED) is 0.852. The Kier molecular flexibility index (Phi) is 4.56. The van der Waals surface area contributed by atoms with Crippen LogP contribution in [0, 0.1) is 0 Å². The normalized spacial score (nSPS) is 11.6. The van der Waals surface area contributed by atoms with Gasteiger partial charge in [-0.25, -0.2) is 18.1 Å². The summed E-state index contributed by atoms with van der Waals surface area (Å²) in [5.41, 5.74) is 5.59. The molecule has 0 spiro atoms. The van der Waals surface area contributed by atoms with Crippen molar-refractivity contribution >= 4 is 43.1 Å². The molecular formula is C11H12BrN3O2S2. The van der Waals surface area contributed by atoms with Crippen molar-refractivity contribution in [1.29, 1.82) is 0 Å². The Hall–Kier alpha value is -0.960. The molecule has 0 aromatic carbocycles. The Morgan fingerprint density at radius 3 is 2.95 bits per heavy atom. The first-order chi connectivity index (χ1) is 8.99. The molecule has 2 heterocycles. The van der Waals surface area contributed by atoms with E-state index in [-0.39, 0.29) is 10.7 Å². The average molecular weight is 362 g/mol. The van der Waals surface area contributed by atoms with Crippen molar-refractivity contribution in [2.75, 3.05) is 12.3 Å². The monoisotopic (exact) mass is 361 g/mol. The topological polar surface area (TPSA) is 85.1 Å². The van der Waals surface area contributed by atoms with Crippen molar-refractivity contribution in [3.8, 4) is 0 Å². The molecule has 0 aliphatic rings. The van der Waals surface area contributed by atoms with Gasteiger partial charge < -0.3 is 5.73 Å². The number of thiophene rings is 1. The minimum atomic E-state index is -3.63. The van der Waals surface area contributed by atoms with Crippen LogP contribution in [-0.2, 0) is 16.4 Å². The molecule has 0 atom stereocenters. The molecule has 0 saturated heterocycles. The van der Waals surface area contributed by atoms with Crippen LogP contribution in [0.15, 0.2) is 39.1 Å². The lowest BCUT2D eigenvalue weighted by molar-refractivity contribution is 0.582. The zero-order chi connectivity index (χ0) is 13.9. The minimum absolute atomic E-state index is 0.00643. The number of aromatic nitrogens is 1. The highest BCUT2D eigenvalue weighted by atomic mass is 79.9. The summed E-state index contributed by atoms with van der Waals surface area (Å²) in [4.78, 5) is 4.94. The van der Waals surface area contributed by atoms with E-state index in [0.29, 0.717) is 17.4 Å². The van der Waals surface area contributed by atoms with Crippen molar-refractivity contribution in [3.05, 3.63) is 39.1 Å². The van der Waals surface area contributed by atoms with Crippen molar-refractivity contribution in [2.24, 2.45) is 0 Å². The van der Waals surface area contributed by atoms with Crippen LogP contribution in [0.1, 0.15) is 4.88 Å². The van der Waals surface area contributed by atoms with Crippen molar-refractivity contribution in [2.45, 2.75) is 11.3 Å². The van der Waals surface area contributed by atoms with Crippen molar-refractivity contribution < 1.29 is 8.42 Å². The van der Waals surface area contributed by atoms with Crippen LogP contribution in [0.3, 0.4) is 0 Å². The zero-order valence-corrected chi connectivity index (χ0v) is 13.1. The third-order valence-electron chi connectivity index (χ3n) is 2.38. The summed E-state index contributed by atoms with van der Waals surface area (Å²) in [7, 11) is -3.63. The fourth-order valence-electron chi connectivity index (χ4n) is 1.49. The third kappa shape index (κ3) is 3.75. The van der Waals surface area contributed by atoms with E-state index >= 15 is 0 Å². The highest BCUT2D eigenvalue weighted by Gasteiger charge is 2.18. The molecule has 0 amide bonds. The lowest BCUT2D eigenvalue weighted by Gasteiger charge is -2.08. The van der Waals surface area contributed by atoms with E-state index in [1.54, 1.807) is 11.3 Å². The average Bonchev–Trinajstić information content (AvgIpc) is 2.85. The molecule has 8 heteroatoms. The van der Waals surface area contributed by atoms with Gasteiger partial charge in [0, 0.05) is 22.1 Å². The first-order valence-corrected chi connectivity index (χ1v) is 8.58. The summed E-state index contributed by atoms with van der Waals surface area (Å²) < 4.78 is 27.3. The van der Waals surface area contributed by atoms with Crippen LogP contribution < -0.4 is 10.5 Å². The molecule has 3 N–H and O–H groups in total. The predicted molar refractivity (Wildman–Crippen MR) is 79.6 cm³/mol. The summed E-state index contributed by atoms with van der Waals surface area (Å²) in [6.45, 7) is 0.328. The van der Waals surface area contributed by atoms with Crippen LogP contribution >= 0.6 is 27.3 Å². The van der Waals surface area contributed by atoms with E-state index in [1.165, 1.54) is 12.3 Å². The van der Waals surface area contributed by atoms with Crippen LogP contribution in [-0.4, -0.2) is 19.9 Å². The zero-order valence-electron chi connectivity index (χ0n) is 9.84. The van der Waals surface area contributed by atoms with Crippen LogP contribution in [0.25, 0.3) is 0 Å². The second-order valence-electron chi connectivity index (χ2n) is 3.76. The van der Waals surface area contributed by atoms with Gasteiger partial charge in [0.25, 0.3) is 0 Å². The molecule has 0 fully saturated rings. The first kappa shape index (κ1) is 14.4. The van der Waals surface area contributed by atoms with E-state index in [2.05, 4.69) is 25.6 Å². The first-order valence-electron chi connectivity index (χ1n) is 5.42. The summed E-state index contributed by atoms with van der Waals surface area (Å²) in [6, 6.07) is 5.34. The minimum Gasteiger partial charge on any atom is -0.383 e. The van der Waals surface area contributed by atoms with E-state index in [0.717, 1.165) is 4.88 Å². The number of halogens is 1. The second-order valence-corrected chi connectivity index (χ2v) is 7.45. The van der Waals surface area contributed by atoms with E-state index in [9.17, 15) is 8.42 Å². The highest BCUT2D eigenvalue weighted by Crippen LogP contribution is 2.20. The molecule has 2 aromatic rings. The standard InChI is InChI=1S/C11H12BrN3O2S2/c12-8-6-10(11(13)14-7-8)19(16,17)15-4-3-9-2-1-5-18-9/h1-2,5-7,15H,3-4H2,(H2,13,14). The molecule has 5 nitrogen and oxygen atoms in total. The van der Waals surface area contributed by atoms with Gasteiger partial charge >= 0.3 is 0 Å².